The van der Waals surface area contributed by atoms with Gasteiger partial charge in [0.25, 0.3) is 0 Å². The van der Waals surface area contributed by atoms with Gasteiger partial charge in [0, 0.05) is 10.9 Å². The molecule has 0 bridgehead atoms. The molecule has 2 nitrogen and oxygen atoms in total. The molecule has 22 heavy (non-hydrogen) atoms. The molecule has 1 aliphatic rings. The smallest absolute Gasteiger partial charge is 0.116 e. The zero-order valence-electron chi connectivity index (χ0n) is 12.9. The van der Waals surface area contributed by atoms with Crippen LogP contribution < -0.4 is 0 Å². The maximum absolute atomic E-state index is 4.55. The molecule has 1 aliphatic carbocycles. The minimum Gasteiger partial charge on any atom is -0.236 e. The van der Waals surface area contributed by atoms with Crippen molar-refractivity contribution in [2.45, 2.75) is 38.5 Å². The van der Waals surface area contributed by atoms with E-state index in [4.69, 9.17) is 0 Å². The van der Waals surface area contributed by atoms with Crippen molar-refractivity contribution in [1.82, 2.24) is 9.97 Å². The molecule has 0 N–H and O–H groups in total. The van der Waals surface area contributed by atoms with Crippen molar-refractivity contribution >= 4 is 10.9 Å². The van der Waals surface area contributed by atoms with E-state index in [1.807, 2.05) is 0 Å². The minimum absolute atomic E-state index is 0.723. The van der Waals surface area contributed by atoms with E-state index in [-0.39, 0.29) is 0 Å². The Balaban J connectivity index is 1.85. The Morgan fingerprint density at radius 2 is 1.77 bits per heavy atom. The molecule has 0 saturated heterocycles. The van der Waals surface area contributed by atoms with Crippen molar-refractivity contribution < 1.29 is 0 Å². The number of aromatic nitrogens is 2. The van der Waals surface area contributed by atoms with Crippen LogP contribution in [0.1, 0.15) is 42.7 Å². The first-order valence-electron chi connectivity index (χ1n) is 8.13. The van der Waals surface area contributed by atoms with Gasteiger partial charge >= 0.3 is 0 Å². The van der Waals surface area contributed by atoms with Crippen LogP contribution in [0.3, 0.4) is 0 Å². The third-order valence-electron chi connectivity index (χ3n) is 4.89. The lowest BCUT2D eigenvalue weighted by molar-refractivity contribution is 0.724. The molecule has 0 atom stereocenters. The standard InChI is InChI=1S/C20H20N2/c1-14-6-2-5-9-17(14)20-18-11-10-16(15-7-3-4-8-15)12-19(18)21-13-22-20/h2,5-6,9-13,15H,3-4,7-8H2,1H3. The lowest BCUT2D eigenvalue weighted by Gasteiger charge is -2.12. The fraction of sp³-hybridized carbons (Fsp3) is 0.300. The maximum Gasteiger partial charge on any atom is 0.116 e. The van der Waals surface area contributed by atoms with Crippen molar-refractivity contribution in [3.63, 3.8) is 0 Å². The summed E-state index contributed by atoms with van der Waals surface area (Å²) in [6, 6.07) is 15.2. The Hall–Kier alpha value is -2.22. The van der Waals surface area contributed by atoms with Gasteiger partial charge in [-0.2, -0.15) is 0 Å². The van der Waals surface area contributed by atoms with Gasteiger partial charge in [0.1, 0.15) is 6.33 Å². The second-order valence-corrected chi connectivity index (χ2v) is 6.30. The lowest BCUT2D eigenvalue weighted by Crippen LogP contribution is -1.95. The zero-order valence-corrected chi connectivity index (χ0v) is 12.9. The Morgan fingerprint density at radius 1 is 0.955 bits per heavy atom. The fourth-order valence-electron chi connectivity index (χ4n) is 3.64. The topological polar surface area (TPSA) is 25.8 Å². The third kappa shape index (κ3) is 2.29. The molecule has 1 aromatic heterocycles. The van der Waals surface area contributed by atoms with Crippen molar-refractivity contribution in [3.8, 4) is 11.3 Å². The molecule has 0 radical (unpaired) electrons. The van der Waals surface area contributed by atoms with Gasteiger partial charge < -0.3 is 0 Å². The first-order valence-corrected chi connectivity index (χ1v) is 8.13. The van der Waals surface area contributed by atoms with E-state index in [2.05, 4.69) is 59.4 Å². The summed E-state index contributed by atoms with van der Waals surface area (Å²) in [5.41, 5.74) is 6.00. The van der Waals surface area contributed by atoms with E-state index in [0.717, 1.165) is 22.5 Å². The van der Waals surface area contributed by atoms with Gasteiger partial charge in [-0.05, 0) is 42.9 Å². The van der Waals surface area contributed by atoms with E-state index >= 15 is 0 Å². The molecule has 110 valence electrons. The maximum atomic E-state index is 4.55. The molecule has 4 rings (SSSR count). The predicted molar refractivity (Wildman–Crippen MR) is 90.9 cm³/mol. The van der Waals surface area contributed by atoms with Crippen LogP contribution >= 0.6 is 0 Å². The molecule has 0 aliphatic heterocycles. The lowest BCUT2D eigenvalue weighted by atomic mass is 9.95. The fourth-order valence-corrected chi connectivity index (χ4v) is 3.64. The van der Waals surface area contributed by atoms with Gasteiger partial charge in [0.05, 0.1) is 11.2 Å². The summed E-state index contributed by atoms with van der Waals surface area (Å²) in [6.07, 6.45) is 7.06. The SMILES string of the molecule is Cc1ccccc1-c1ncnc2cc(C3CCCC3)ccc12. The summed E-state index contributed by atoms with van der Waals surface area (Å²) in [5, 5.41) is 1.15. The van der Waals surface area contributed by atoms with Crippen molar-refractivity contribution in [3.05, 3.63) is 59.9 Å². The second kappa shape index (κ2) is 5.53. The molecule has 0 unspecified atom stereocenters. The normalized spacial score (nSPS) is 15.5. The Bertz CT molecular complexity index is 817. The number of nitrogens with zero attached hydrogens (tertiary/aromatic N) is 2. The van der Waals surface area contributed by atoms with E-state index < -0.39 is 0 Å². The molecule has 2 aromatic carbocycles. The summed E-state index contributed by atoms with van der Waals surface area (Å²) < 4.78 is 0. The number of benzene rings is 2. The van der Waals surface area contributed by atoms with Crippen LogP contribution in [0.2, 0.25) is 0 Å². The zero-order chi connectivity index (χ0) is 14.9. The van der Waals surface area contributed by atoms with Gasteiger partial charge in [-0.25, -0.2) is 9.97 Å². The number of rotatable bonds is 2. The van der Waals surface area contributed by atoms with Gasteiger partial charge in [0.15, 0.2) is 0 Å². The highest BCUT2D eigenvalue weighted by atomic mass is 14.8. The number of hydrogen-bond donors (Lipinski definition) is 0. The average molecular weight is 288 g/mol. The molecule has 1 heterocycles. The van der Waals surface area contributed by atoms with Crippen LogP contribution in [-0.2, 0) is 0 Å². The molecular formula is C20H20N2. The van der Waals surface area contributed by atoms with Crippen LogP contribution in [0.15, 0.2) is 48.8 Å². The van der Waals surface area contributed by atoms with Crippen molar-refractivity contribution in [2.75, 3.05) is 0 Å². The van der Waals surface area contributed by atoms with Crippen molar-refractivity contribution in [2.24, 2.45) is 0 Å². The Morgan fingerprint density at radius 3 is 2.59 bits per heavy atom. The first kappa shape index (κ1) is 13.4. The van der Waals surface area contributed by atoms with Crippen LogP contribution in [0.4, 0.5) is 0 Å². The summed E-state index contributed by atoms with van der Waals surface area (Å²) in [4.78, 5) is 9.07. The summed E-state index contributed by atoms with van der Waals surface area (Å²) >= 11 is 0. The summed E-state index contributed by atoms with van der Waals surface area (Å²) in [7, 11) is 0. The van der Waals surface area contributed by atoms with E-state index in [9.17, 15) is 0 Å². The molecular weight excluding hydrogens is 268 g/mol. The summed E-state index contributed by atoms with van der Waals surface area (Å²) in [6.45, 7) is 2.14. The molecule has 1 saturated carbocycles. The van der Waals surface area contributed by atoms with E-state index in [1.54, 1.807) is 6.33 Å². The highest BCUT2D eigenvalue weighted by Gasteiger charge is 2.18. The van der Waals surface area contributed by atoms with Gasteiger partial charge in [-0.1, -0.05) is 49.2 Å². The van der Waals surface area contributed by atoms with Crippen LogP contribution in [0.5, 0.6) is 0 Å². The van der Waals surface area contributed by atoms with Gasteiger partial charge in [-0.3, -0.25) is 0 Å². The molecule has 3 aromatic rings. The molecule has 2 heteroatoms. The number of fused-ring (bicyclic) bond motifs is 1. The predicted octanol–water partition coefficient (Wildman–Crippen LogP) is 5.26. The van der Waals surface area contributed by atoms with Crippen LogP contribution in [0, 0.1) is 6.92 Å². The third-order valence-corrected chi connectivity index (χ3v) is 4.89. The quantitative estimate of drug-likeness (QED) is 0.642. The number of aryl methyl sites for hydroxylation is 1. The Labute approximate surface area is 131 Å². The number of hydrogen-bond acceptors (Lipinski definition) is 2. The molecule has 1 fully saturated rings. The van der Waals surface area contributed by atoms with Gasteiger partial charge in [0.2, 0.25) is 0 Å². The molecule has 0 spiro atoms. The second-order valence-electron chi connectivity index (χ2n) is 6.30. The van der Waals surface area contributed by atoms with Crippen molar-refractivity contribution in [1.29, 1.82) is 0 Å². The monoisotopic (exact) mass is 288 g/mol. The largest absolute Gasteiger partial charge is 0.236 e. The average Bonchev–Trinajstić information content (AvgIpc) is 3.09. The summed E-state index contributed by atoms with van der Waals surface area (Å²) in [5.74, 6) is 0.723. The van der Waals surface area contributed by atoms with Crippen LogP contribution in [0.25, 0.3) is 22.2 Å². The van der Waals surface area contributed by atoms with E-state index in [1.165, 1.54) is 42.4 Å². The molecule has 0 amide bonds. The van der Waals surface area contributed by atoms with Crippen LogP contribution in [-0.4, -0.2) is 9.97 Å². The van der Waals surface area contributed by atoms with E-state index in [0.29, 0.717) is 0 Å². The minimum atomic E-state index is 0.723. The first-order chi connectivity index (χ1) is 10.8. The highest BCUT2D eigenvalue weighted by molar-refractivity contribution is 5.93. The Kier molecular flexibility index (Phi) is 3.38. The highest BCUT2D eigenvalue weighted by Crippen LogP contribution is 2.36. The van der Waals surface area contributed by atoms with Gasteiger partial charge in [-0.15, -0.1) is 0 Å².